The molecule has 1 aromatic carbocycles. The molecule has 166 valence electrons. The number of thiophene rings is 1. The number of nitrogens with zero attached hydrogens (tertiary/aromatic N) is 1. The Labute approximate surface area is 185 Å². The molecule has 0 spiro atoms. The molecular formula is C21H24N2O6S2. The minimum absolute atomic E-state index is 0.205. The van der Waals surface area contributed by atoms with E-state index in [0.717, 1.165) is 16.9 Å². The molecule has 0 radical (unpaired) electrons. The molecule has 1 amide bonds. The fourth-order valence-corrected chi connectivity index (χ4v) is 5.34. The number of hydrogen-bond acceptors (Lipinski definition) is 7. The van der Waals surface area contributed by atoms with Crippen LogP contribution >= 0.6 is 11.3 Å². The van der Waals surface area contributed by atoms with E-state index in [2.05, 4.69) is 5.32 Å². The Hall–Kier alpha value is -2.53. The average molecular weight is 465 g/mol. The quantitative estimate of drug-likeness (QED) is 0.499. The molecule has 10 heteroatoms. The van der Waals surface area contributed by atoms with Crippen molar-refractivity contribution in [2.45, 2.75) is 18.7 Å². The van der Waals surface area contributed by atoms with Crippen LogP contribution in [0.15, 0.2) is 41.3 Å². The largest absolute Gasteiger partial charge is 0.462 e. The van der Waals surface area contributed by atoms with E-state index in [-0.39, 0.29) is 17.4 Å². The number of anilines is 1. The fraction of sp³-hybridized carbons (Fsp3) is 0.333. The Kier molecular flexibility index (Phi) is 7.60. The number of aryl methyl sites for hydroxylation is 1. The lowest BCUT2D eigenvalue weighted by Crippen LogP contribution is -2.40. The zero-order valence-electron chi connectivity index (χ0n) is 17.3. The first-order valence-corrected chi connectivity index (χ1v) is 12.0. The zero-order chi connectivity index (χ0) is 22.4. The number of nitrogens with one attached hydrogen (secondary N) is 1. The Balaban J connectivity index is 1.62. The lowest BCUT2D eigenvalue weighted by Gasteiger charge is -2.26. The van der Waals surface area contributed by atoms with Gasteiger partial charge in [0.25, 0.3) is 0 Å². The Bertz CT molecular complexity index is 1070. The molecular weight excluding hydrogens is 440 g/mol. The second kappa shape index (κ2) is 10.2. The van der Waals surface area contributed by atoms with E-state index in [0.29, 0.717) is 41.7 Å². The molecule has 0 unspecified atom stereocenters. The van der Waals surface area contributed by atoms with Crippen LogP contribution in [-0.4, -0.2) is 57.5 Å². The molecule has 1 aliphatic heterocycles. The van der Waals surface area contributed by atoms with Crippen molar-refractivity contribution >= 4 is 44.3 Å². The topological polar surface area (TPSA) is 102 Å². The Morgan fingerprint density at radius 1 is 1.23 bits per heavy atom. The summed E-state index contributed by atoms with van der Waals surface area (Å²) < 4.78 is 36.9. The van der Waals surface area contributed by atoms with E-state index >= 15 is 0 Å². The van der Waals surface area contributed by atoms with Crippen molar-refractivity contribution < 1.29 is 27.5 Å². The van der Waals surface area contributed by atoms with Gasteiger partial charge in [0.2, 0.25) is 15.9 Å². The molecule has 2 aromatic rings. The summed E-state index contributed by atoms with van der Waals surface area (Å²) in [4.78, 5) is 24.8. The van der Waals surface area contributed by atoms with E-state index in [1.54, 1.807) is 38.1 Å². The van der Waals surface area contributed by atoms with Gasteiger partial charge in [-0.15, -0.1) is 11.3 Å². The third-order valence-corrected chi connectivity index (χ3v) is 7.59. The monoisotopic (exact) mass is 464 g/mol. The highest BCUT2D eigenvalue weighted by molar-refractivity contribution is 7.89. The van der Waals surface area contributed by atoms with E-state index < -0.39 is 16.0 Å². The predicted octanol–water partition coefficient (Wildman–Crippen LogP) is 2.91. The minimum atomic E-state index is -3.55. The van der Waals surface area contributed by atoms with E-state index in [4.69, 9.17) is 9.47 Å². The Morgan fingerprint density at radius 2 is 1.90 bits per heavy atom. The van der Waals surface area contributed by atoms with Crippen LogP contribution < -0.4 is 5.32 Å². The minimum Gasteiger partial charge on any atom is -0.462 e. The van der Waals surface area contributed by atoms with Gasteiger partial charge in [-0.2, -0.15) is 4.31 Å². The maximum Gasteiger partial charge on any atom is 0.348 e. The number of morpholine rings is 1. The molecule has 1 fully saturated rings. The van der Waals surface area contributed by atoms with Crippen LogP contribution in [0.2, 0.25) is 0 Å². The fourth-order valence-electron chi connectivity index (χ4n) is 2.96. The zero-order valence-corrected chi connectivity index (χ0v) is 18.9. The van der Waals surface area contributed by atoms with Crippen molar-refractivity contribution in [1.82, 2.24) is 4.31 Å². The molecule has 0 atom stereocenters. The molecule has 31 heavy (non-hydrogen) atoms. The highest BCUT2D eigenvalue weighted by atomic mass is 32.2. The average Bonchev–Trinajstić information content (AvgIpc) is 3.13. The third-order valence-electron chi connectivity index (χ3n) is 4.54. The number of amides is 1. The molecule has 0 aliphatic carbocycles. The summed E-state index contributed by atoms with van der Waals surface area (Å²) in [7, 11) is -3.55. The molecule has 1 N–H and O–H groups in total. The first-order chi connectivity index (χ1) is 14.8. The van der Waals surface area contributed by atoms with Crippen LogP contribution in [-0.2, 0) is 24.3 Å². The van der Waals surface area contributed by atoms with Gasteiger partial charge >= 0.3 is 5.97 Å². The number of ether oxygens (including phenoxy) is 2. The number of carbonyl (C=O) groups is 2. The summed E-state index contributed by atoms with van der Waals surface area (Å²) in [5, 5.41) is 3.26. The summed E-state index contributed by atoms with van der Waals surface area (Å²) in [6.45, 7) is 5.25. The van der Waals surface area contributed by atoms with Gasteiger partial charge in [0, 0.05) is 19.2 Å². The van der Waals surface area contributed by atoms with Crippen LogP contribution in [0.3, 0.4) is 0 Å². The van der Waals surface area contributed by atoms with Crippen LogP contribution in [0, 0.1) is 6.92 Å². The van der Waals surface area contributed by atoms with Crippen molar-refractivity contribution in [3.63, 3.8) is 0 Å². The van der Waals surface area contributed by atoms with Gasteiger partial charge in [-0.3, -0.25) is 4.79 Å². The second-order valence-corrected chi connectivity index (χ2v) is 9.74. The first-order valence-electron chi connectivity index (χ1n) is 9.76. The van der Waals surface area contributed by atoms with Crippen molar-refractivity contribution in [3.05, 3.63) is 52.4 Å². The van der Waals surface area contributed by atoms with Crippen molar-refractivity contribution in [3.8, 4) is 0 Å². The number of rotatable bonds is 7. The normalized spacial score (nSPS) is 15.2. The SMILES string of the molecule is CCOC(=O)c1sc(NC(=O)/C=C/c2ccc(S(=O)(=O)N3CCOCC3)cc2)cc1C. The molecule has 1 saturated heterocycles. The van der Waals surface area contributed by atoms with Crippen molar-refractivity contribution in [2.24, 2.45) is 0 Å². The van der Waals surface area contributed by atoms with Gasteiger partial charge in [0.05, 0.1) is 29.7 Å². The molecule has 2 heterocycles. The van der Waals surface area contributed by atoms with Gasteiger partial charge in [0.1, 0.15) is 4.88 Å². The summed E-state index contributed by atoms with van der Waals surface area (Å²) in [5.74, 6) is -0.769. The predicted molar refractivity (Wildman–Crippen MR) is 119 cm³/mol. The summed E-state index contributed by atoms with van der Waals surface area (Å²) in [6, 6.07) is 8.05. The van der Waals surface area contributed by atoms with Gasteiger partial charge in [-0.25, -0.2) is 13.2 Å². The number of hydrogen-bond donors (Lipinski definition) is 1. The highest BCUT2D eigenvalue weighted by Gasteiger charge is 2.26. The van der Waals surface area contributed by atoms with E-state index in [1.807, 2.05) is 0 Å². The lowest BCUT2D eigenvalue weighted by molar-refractivity contribution is -0.111. The molecule has 1 aromatic heterocycles. The van der Waals surface area contributed by atoms with Crippen LogP contribution in [0.4, 0.5) is 5.00 Å². The number of esters is 1. The maximum atomic E-state index is 12.6. The summed E-state index contributed by atoms with van der Waals surface area (Å²) >= 11 is 1.16. The van der Waals surface area contributed by atoms with E-state index in [9.17, 15) is 18.0 Å². The third kappa shape index (κ3) is 5.79. The molecule has 1 aliphatic rings. The molecule has 0 bridgehead atoms. The van der Waals surface area contributed by atoms with Crippen LogP contribution in [0.25, 0.3) is 6.08 Å². The van der Waals surface area contributed by atoms with Crippen LogP contribution in [0.5, 0.6) is 0 Å². The van der Waals surface area contributed by atoms with Gasteiger partial charge in [0.15, 0.2) is 0 Å². The van der Waals surface area contributed by atoms with Gasteiger partial charge in [-0.1, -0.05) is 12.1 Å². The van der Waals surface area contributed by atoms with Gasteiger partial charge in [-0.05, 0) is 49.2 Å². The van der Waals surface area contributed by atoms with Crippen LogP contribution in [0.1, 0.15) is 27.7 Å². The maximum absolute atomic E-state index is 12.6. The molecule has 3 rings (SSSR count). The number of carbonyl (C=O) groups excluding carboxylic acids is 2. The number of benzene rings is 1. The standard InChI is InChI=1S/C21H24N2O6S2/c1-3-29-21(25)20-15(2)14-19(30-20)22-18(24)9-6-16-4-7-17(8-5-16)31(26,27)23-10-12-28-13-11-23/h4-9,14H,3,10-13H2,1-2H3,(H,22,24)/b9-6+. The smallest absolute Gasteiger partial charge is 0.348 e. The van der Waals surface area contributed by atoms with Crippen molar-refractivity contribution in [2.75, 3.05) is 38.2 Å². The molecule has 8 nitrogen and oxygen atoms in total. The lowest BCUT2D eigenvalue weighted by atomic mass is 10.2. The Morgan fingerprint density at radius 3 is 2.55 bits per heavy atom. The second-order valence-electron chi connectivity index (χ2n) is 6.75. The van der Waals surface area contributed by atoms with Gasteiger partial charge < -0.3 is 14.8 Å². The number of sulfonamides is 1. The van der Waals surface area contributed by atoms with E-state index in [1.165, 1.54) is 22.5 Å². The highest BCUT2D eigenvalue weighted by Crippen LogP contribution is 2.27. The summed E-state index contributed by atoms with van der Waals surface area (Å²) in [5.41, 5.74) is 1.42. The molecule has 0 saturated carbocycles. The van der Waals surface area contributed by atoms with Crippen molar-refractivity contribution in [1.29, 1.82) is 0 Å². The summed E-state index contributed by atoms with van der Waals surface area (Å²) in [6.07, 6.45) is 2.94. The first kappa shape index (κ1) is 23.1.